The molecule has 0 amide bonds. The lowest BCUT2D eigenvalue weighted by molar-refractivity contribution is -0.0576. The van der Waals surface area contributed by atoms with Crippen LogP contribution >= 0.6 is 25.8 Å². The molecule has 25 heteroatoms. The van der Waals surface area contributed by atoms with E-state index in [1.807, 2.05) is 0 Å². The normalized spacial score (nSPS) is 32.6. The highest BCUT2D eigenvalue weighted by molar-refractivity contribution is 8.44. The summed E-state index contributed by atoms with van der Waals surface area (Å²) in [6, 6.07) is 0. The zero-order chi connectivity index (χ0) is 37.5. The number of imidazole rings is 1. The third kappa shape index (κ3) is 8.06. The molecule has 2 unspecified atom stereocenters. The second-order valence-electron chi connectivity index (χ2n) is 11.9. The molecule has 2 bridgehead atoms. The van der Waals surface area contributed by atoms with Gasteiger partial charge in [0.15, 0.2) is 35.0 Å². The van der Waals surface area contributed by atoms with Crippen molar-refractivity contribution in [1.29, 1.82) is 0 Å². The molecule has 19 nitrogen and oxygen atoms in total. The number of nitrogens with two attached hydrogens (primary N) is 2. The topological polar surface area (TPSA) is 242 Å². The van der Waals surface area contributed by atoms with E-state index in [1.54, 1.807) is 0 Å². The Hall–Kier alpha value is -2.66. The van der Waals surface area contributed by atoms with Gasteiger partial charge in [-0.05, 0) is 31.4 Å². The number of nitrogens with one attached hydrogen (secondary N) is 1. The third-order valence-electron chi connectivity index (χ3n) is 8.74. The van der Waals surface area contributed by atoms with E-state index in [0.29, 0.717) is 0 Å². The first kappa shape index (κ1) is 39.0. The summed E-state index contributed by atoms with van der Waals surface area (Å²) in [5.41, 5.74) is 10.7. The van der Waals surface area contributed by atoms with Gasteiger partial charge in [-0.1, -0.05) is 33.0 Å². The first-order valence-electron chi connectivity index (χ1n) is 16.1. The number of halogens is 2. The maximum Gasteiger partial charge on any atom is 0.386 e. The number of nitrogen functional groups attached to an aromatic ring is 2. The standard InChI is InChI=1S/C21H23F2N9O9P2S2.C6H15N/c22-7-2-31(17-12(7)16(24)26-5-27-17)11-1-8-9(38-11)3-36-43(35,45)41-15-13(23)10(4-37-42(34,44)40-8)39-20(15)32-6-28-14-18(32)29-21(25)30-19(14)33;1-4-7(5-2)6-3/h2,5-6,8-11,13,15,20H,1,3-4H2,(H,34,44)(H,35,45)(H2,24,26,27)(H3,25,29,30,33);4-6H2,1-3H3/t8-,9+,10+,11+,13+,15+,20+,42?,43?;/m0./s1. The van der Waals surface area contributed by atoms with Crippen molar-refractivity contribution in [1.82, 2.24) is 39.0 Å². The molecular formula is C27H38F2N10O9P2S2. The maximum atomic E-state index is 15.8. The van der Waals surface area contributed by atoms with Crippen molar-refractivity contribution in [2.24, 2.45) is 0 Å². The molecule has 3 aliphatic heterocycles. The monoisotopic (exact) mass is 810 g/mol. The summed E-state index contributed by atoms with van der Waals surface area (Å²) in [4.78, 5) is 43.8. The van der Waals surface area contributed by atoms with E-state index in [1.165, 1.54) is 28.8 Å². The van der Waals surface area contributed by atoms with Crippen molar-refractivity contribution in [3.63, 3.8) is 0 Å². The van der Waals surface area contributed by atoms with Crippen LogP contribution in [0.25, 0.3) is 22.2 Å². The second kappa shape index (κ2) is 15.6. The van der Waals surface area contributed by atoms with Crippen LogP contribution in [0.1, 0.15) is 39.6 Å². The van der Waals surface area contributed by atoms with Crippen molar-refractivity contribution in [2.45, 2.75) is 70.2 Å². The fraction of sp³-hybridized carbons (Fsp3) is 0.593. The lowest BCUT2D eigenvalue weighted by Crippen LogP contribution is -2.32. The molecule has 0 saturated carbocycles. The largest absolute Gasteiger partial charge is 0.386 e. The Morgan fingerprint density at radius 3 is 2.46 bits per heavy atom. The van der Waals surface area contributed by atoms with Crippen LogP contribution in [0.4, 0.5) is 20.5 Å². The average molecular weight is 811 g/mol. The molecule has 4 aromatic heterocycles. The van der Waals surface area contributed by atoms with E-state index in [-0.39, 0.29) is 40.4 Å². The molecule has 0 aliphatic carbocycles. The summed E-state index contributed by atoms with van der Waals surface area (Å²) in [5.74, 6) is -1.03. The number of thiol groups is 1. The zero-order valence-corrected chi connectivity index (χ0v) is 31.5. The maximum absolute atomic E-state index is 15.8. The highest BCUT2D eigenvalue weighted by Crippen LogP contribution is 2.58. The van der Waals surface area contributed by atoms with Gasteiger partial charge >= 0.3 is 13.5 Å². The minimum Gasteiger partial charge on any atom is -0.383 e. The lowest BCUT2D eigenvalue weighted by atomic mass is 10.1. The predicted molar refractivity (Wildman–Crippen MR) is 190 cm³/mol. The van der Waals surface area contributed by atoms with Gasteiger partial charge in [-0.2, -0.15) is 4.98 Å². The molecule has 52 heavy (non-hydrogen) atoms. The smallest absolute Gasteiger partial charge is 0.383 e. The van der Waals surface area contributed by atoms with Crippen LogP contribution in [0.3, 0.4) is 0 Å². The number of anilines is 2. The van der Waals surface area contributed by atoms with Crippen LogP contribution in [0, 0.1) is 5.82 Å². The molecule has 9 atom stereocenters. The van der Waals surface area contributed by atoms with Gasteiger partial charge in [0.2, 0.25) is 5.95 Å². The SMILES string of the molecule is CCN(CC)CC.Nc1nc2c(ncn2[C@@H]2O[C@@H]3COP(O)(=S)O[C@H]4C[C@H](n5cc(F)c6c(N)ncnc65)O[C@@H]4COP(=O)(S)O[C@@H]2[C@@H]3F)c(=O)[nH]1. The molecule has 0 spiro atoms. The van der Waals surface area contributed by atoms with E-state index < -0.39 is 81.1 Å². The average Bonchev–Trinajstić information content (AvgIpc) is 3.84. The lowest BCUT2D eigenvalue weighted by Gasteiger charge is -2.26. The molecule has 286 valence electrons. The molecule has 3 saturated heterocycles. The number of hydrogen-bond donors (Lipinski definition) is 5. The highest BCUT2D eigenvalue weighted by atomic mass is 32.7. The molecular weight excluding hydrogens is 772 g/mol. The fourth-order valence-corrected chi connectivity index (χ4v) is 9.03. The van der Waals surface area contributed by atoms with E-state index in [4.69, 9.17) is 50.8 Å². The van der Waals surface area contributed by atoms with Crippen LogP contribution in [-0.4, -0.2) is 107 Å². The van der Waals surface area contributed by atoms with Crippen LogP contribution in [0.5, 0.6) is 0 Å². The molecule has 4 aromatic rings. The molecule has 0 aromatic carbocycles. The number of rotatable bonds is 5. The molecule has 6 N–H and O–H groups in total. The van der Waals surface area contributed by atoms with Gasteiger partial charge in [-0.25, -0.2) is 28.3 Å². The summed E-state index contributed by atoms with van der Waals surface area (Å²) in [6.07, 6.45) is -6.28. The first-order chi connectivity index (χ1) is 24.6. The van der Waals surface area contributed by atoms with Gasteiger partial charge in [0.1, 0.15) is 36.7 Å². The van der Waals surface area contributed by atoms with Crippen LogP contribution in [-0.2, 0) is 43.9 Å². The van der Waals surface area contributed by atoms with E-state index >= 15 is 4.39 Å². The minimum absolute atomic E-state index is 0.0248. The first-order valence-corrected chi connectivity index (χ1v) is 21.4. The van der Waals surface area contributed by atoms with Crippen molar-refractivity contribution < 1.29 is 45.8 Å². The zero-order valence-electron chi connectivity index (χ0n) is 28.0. The summed E-state index contributed by atoms with van der Waals surface area (Å²) in [5, 5.41) is -0.0248. The number of H-pyrrole nitrogens is 1. The Bertz CT molecular complexity index is 2070. The number of aromatic amines is 1. The van der Waals surface area contributed by atoms with Crippen molar-refractivity contribution in [3.05, 3.63) is 35.0 Å². The molecule has 0 radical (unpaired) electrons. The van der Waals surface area contributed by atoms with E-state index in [0.717, 1.165) is 18.9 Å². The fourth-order valence-electron chi connectivity index (χ4n) is 6.10. The van der Waals surface area contributed by atoms with E-state index in [2.05, 4.69) is 62.8 Å². The molecule has 7 rings (SSSR count). The number of aromatic nitrogens is 7. The number of fused-ring (bicyclic) bond motifs is 5. The molecule has 3 aliphatic rings. The Morgan fingerprint density at radius 1 is 1.06 bits per heavy atom. The van der Waals surface area contributed by atoms with Crippen molar-refractivity contribution >= 4 is 71.5 Å². The summed E-state index contributed by atoms with van der Waals surface area (Å²) in [7, 11) is 0. The summed E-state index contributed by atoms with van der Waals surface area (Å²) >= 11 is 9.24. The van der Waals surface area contributed by atoms with E-state index in [9.17, 15) is 18.6 Å². The Labute approximate surface area is 305 Å². The molecule has 3 fully saturated rings. The van der Waals surface area contributed by atoms with Gasteiger partial charge in [0, 0.05) is 12.6 Å². The highest BCUT2D eigenvalue weighted by Gasteiger charge is 2.52. The summed E-state index contributed by atoms with van der Waals surface area (Å²) in [6.45, 7) is 0.464. The second-order valence-corrected chi connectivity index (χ2v) is 17.5. The quantitative estimate of drug-likeness (QED) is 0.144. The van der Waals surface area contributed by atoms with Gasteiger partial charge < -0.3 is 44.3 Å². The number of hydrogen-bond acceptors (Lipinski definition) is 16. The molecule has 7 heterocycles. The van der Waals surface area contributed by atoms with Crippen molar-refractivity contribution in [3.8, 4) is 0 Å². The van der Waals surface area contributed by atoms with Crippen LogP contribution in [0.2, 0.25) is 0 Å². The van der Waals surface area contributed by atoms with Gasteiger partial charge in [-0.15, -0.1) is 0 Å². The Kier molecular flexibility index (Phi) is 11.7. The van der Waals surface area contributed by atoms with Crippen LogP contribution in [0.15, 0.2) is 23.6 Å². The van der Waals surface area contributed by atoms with Crippen LogP contribution < -0.4 is 17.0 Å². The van der Waals surface area contributed by atoms with Crippen molar-refractivity contribution in [2.75, 3.05) is 44.3 Å². The third-order valence-corrected chi connectivity index (χ3v) is 11.9. The van der Waals surface area contributed by atoms with Gasteiger partial charge in [-0.3, -0.25) is 23.4 Å². The Balaban J connectivity index is 0.000000604. The summed E-state index contributed by atoms with van der Waals surface area (Å²) < 4.78 is 80.7. The van der Waals surface area contributed by atoms with Gasteiger partial charge in [0.25, 0.3) is 5.56 Å². The van der Waals surface area contributed by atoms with Gasteiger partial charge in [0.05, 0.1) is 31.0 Å². The number of nitrogens with zero attached hydrogens (tertiary/aromatic N) is 7. The number of alkyl halides is 1. The Morgan fingerprint density at radius 2 is 1.77 bits per heavy atom. The predicted octanol–water partition coefficient (Wildman–Crippen LogP) is 2.81. The minimum atomic E-state index is -4.40. The number of ether oxygens (including phenoxy) is 2.